The molecule has 60 valence electrons. The summed E-state index contributed by atoms with van der Waals surface area (Å²) in [6.07, 6.45) is 9.06. The van der Waals surface area contributed by atoms with Crippen molar-refractivity contribution >= 4 is 8.19 Å². The molecule has 1 fully saturated rings. The Morgan fingerprint density at radius 1 is 1.27 bits per heavy atom. The van der Waals surface area contributed by atoms with Gasteiger partial charge in [0.15, 0.2) is 0 Å². The number of rotatable bonds is 1. The minimum atomic E-state index is 0.845. The van der Waals surface area contributed by atoms with E-state index in [0.717, 1.165) is 14.1 Å². The topological polar surface area (TPSA) is 12.9 Å². The summed E-state index contributed by atoms with van der Waals surface area (Å²) < 4.78 is 0. The minimum absolute atomic E-state index is 0.845. The Hall–Kier alpha value is -0.290. The van der Waals surface area contributed by atoms with Gasteiger partial charge in [0, 0.05) is 12.1 Å². The molecule has 0 aliphatic heterocycles. The molecule has 0 N–H and O–H groups in total. The van der Waals surface area contributed by atoms with E-state index >= 15 is 0 Å². The zero-order valence-corrected chi connectivity index (χ0v) is 7.71. The Morgan fingerprint density at radius 2 is 2.09 bits per heavy atom. The van der Waals surface area contributed by atoms with Crippen LogP contribution < -0.4 is 0 Å². The number of hydrogen-bond acceptors (Lipinski definition) is 1. The maximum Gasteiger partial charge on any atom is 0.0592 e. The van der Waals surface area contributed by atoms with E-state index in [2.05, 4.69) is 10.8 Å². The molecule has 2 heteroatoms. The summed E-state index contributed by atoms with van der Waals surface area (Å²) in [6, 6.07) is 0. The van der Waals surface area contributed by atoms with E-state index in [1.807, 2.05) is 6.20 Å². The lowest BCUT2D eigenvalue weighted by Gasteiger charge is -2.19. The molecule has 0 radical (unpaired) electrons. The van der Waals surface area contributed by atoms with Gasteiger partial charge >= 0.3 is 0 Å². The van der Waals surface area contributed by atoms with E-state index in [1.165, 1.54) is 37.5 Å². The van der Waals surface area contributed by atoms with Gasteiger partial charge in [0.25, 0.3) is 0 Å². The fraction of sp³-hybridized carbons (Fsp3) is 0.667. The summed E-state index contributed by atoms with van der Waals surface area (Å²) in [5, 5.41) is 0. The maximum absolute atomic E-state index is 4.41. The van der Waals surface area contributed by atoms with Crippen LogP contribution in [0.25, 0.3) is 0 Å². The van der Waals surface area contributed by atoms with Crippen molar-refractivity contribution in [3.05, 3.63) is 17.4 Å². The first kappa shape index (κ1) is 7.36. The lowest BCUT2D eigenvalue weighted by atomic mass is 9.90. The molecule has 1 unspecified atom stereocenters. The highest BCUT2D eigenvalue weighted by Crippen LogP contribution is 2.34. The highest BCUT2D eigenvalue weighted by molar-refractivity contribution is 7.30. The molecule has 0 amide bonds. The van der Waals surface area contributed by atoms with Gasteiger partial charge in [-0.15, -0.1) is 8.19 Å². The van der Waals surface area contributed by atoms with Gasteiger partial charge < -0.3 is 0 Å². The molecule has 1 atom stereocenters. The Bertz CT molecular complexity index is 199. The Labute approximate surface area is 69.3 Å². The first-order valence-corrected chi connectivity index (χ1v) is 5.54. The molecule has 1 heterocycles. The van der Waals surface area contributed by atoms with Crippen LogP contribution in [0.5, 0.6) is 0 Å². The zero-order valence-electron chi connectivity index (χ0n) is 6.71. The molecule has 1 saturated carbocycles. The summed E-state index contributed by atoms with van der Waals surface area (Å²) in [7, 11) is 0.900. The monoisotopic (exact) mass is 167 g/mol. The van der Waals surface area contributed by atoms with Crippen LogP contribution in [0.4, 0.5) is 0 Å². The van der Waals surface area contributed by atoms with E-state index in [9.17, 15) is 0 Å². The van der Waals surface area contributed by atoms with Crippen LogP contribution in [0.2, 0.25) is 0 Å². The van der Waals surface area contributed by atoms with Crippen molar-refractivity contribution in [1.82, 2.24) is 4.98 Å². The van der Waals surface area contributed by atoms with Crippen LogP contribution in [0.15, 0.2) is 12.0 Å². The van der Waals surface area contributed by atoms with E-state index < -0.39 is 0 Å². The standard InChI is InChI=1S/C9H14NP/c1-2-4-8(5-3-1)9-10-6-7-11-9/h6-8,11H,1-5H2. The first-order chi connectivity index (χ1) is 5.47. The number of aromatic nitrogens is 1. The van der Waals surface area contributed by atoms with Gasteiger partial charge in [-0.05, 0) is 18.6 Å². The van der Waals surface area contributed by atoms with Gasteiger partial charge in [-0.1, -0.05) is 19.3 Å². The molecule has 1 aliphatic carbocycles. The smallest absolute Gasteiger partial charge is 0.0592 e. The summed E-state index contributed by atoms with van der Waals surface area (Å²) in [5.41, 5.74) is 1.48. The van der Waals surface area contributed by atoms with Crippen molar-refractivity contribution in [1.29, 1.82) is 0 Å². The van der Waals surface area contributed by atoms with E-state index in [0.29, 0.717) is 0 Å². The van der Waals surface area contributed by atoms with Gasteiger partial charge in [0.2, 0.25) is 0 Å². The third-order valence-corrected chi connectivity index (χ3v) is 3.66. The number of nitrogens with zero attached hydrogens (tertiary/aromatic N) is 1. The van der Waals surface area contributed by atoms with Gasteiger partial charge in [0.05, 0.1) is 5.43 Å². The van der Waals surface area contributed by atoms with Gasteiger partial charge in [-0.3, -0.25) is 4.98 Å². The summed E-state index contributed by atoms with van der Waals surface area (Å²) >= 11 is 0. The predicted molar refractivity (Wildman–Crippen MR) is 49.6 cm³/mol. The molecule has 0 spiro atoms. The first-order valence-electron chi connectivity index (χ1n) is 4.46. The molecule has 0 saturated heterocycles. The van der Waals surface area contributed by atoms with Crippen LogP contribution in [0.3, 0.4) is 0 Å². The van der Waals surface area contributed by atoms with Gasteiger partial charge in [0.1, 0.15) is 0 Å². The second kappa shape index (κ2) is 3.40. The van der Waals surface area contributed by atoms with Crippen LogP contribution in [-0.4, -0.2) is 4.98 Å². The highest BCUT2D eigenvalue weighted by Gasteiger charge is 2.15. The molecular formula is C9H14NP. The molecule has 11 heavy (non-hydrogen) atoms. The van der Waals surface area contributed by atoms with Crippen molar-refractivity contribution < 1.29 is 0 Å². The number of hydrogen-bond donors (Lipinski definition) is 0. The van der Waals surface area contributed by atoms with E-state index in [-0.39, 0.29) is 0 Å². The molecule has 1 aromatic rings. The molecule has 1 aromatic heterocycles. The van der Waals surface area contributed by atoms with Crippen molar-refractivity contribution in [2.75, 3.05) is 0 Å². The van der Waals surface area contributed by atoms with Crippen LogP contribution in [0.1, 0.15) is 43.4 Å². The third kappa shape index (κ3) is 1.65. The lowest BCUT2D eigenvalue weighted by molar-refractivity contribution is 0.442. The lowest BCUT2D eigenvalue weighted by Crippen LogP contribution is -2.03. The Balaban J connectivity index is 2.04. The van der Waals surface area contributed by atoms with Crippen molar-refractivity contribution in [3.8, 4) is 0 Å². The Morgan fingerprint density at radius 3 is 2.73 bits per heavy atom. The average molecular weight is 167 g/mol. The largest absolute Gasteiger partial charge is 0.257 e. The molecule has 0 aromatic carbocycles. The fourth-order valence-corrected chi connectivity index (χ4v) is 2.87. The van der Waals surface area contributed by atoms with E-state index in [1.54, 1.807) is 0 Å². The van der Waals surface area contributed by atoms with Crippen molar-refractivity contribution in [3.63, 3.8) is 0 Å². The third-order valence-electron chi connectivity index (χ3n) is 2.51. The highest BCUT2D eigenvalue weighted by atomic mass is 31.0. The van der Waals surface area contributed by atoms with Gasteiger partial charge in [-0.25, -0.2) is 0 Å². The van der Waals surface area contributed by atoms with Gasteiger partial charge in [-0.2, -0.15) is 0 Å². The summed E-state index contributed by atoms with van der Waals surface area (Å²) in [4.78, 5) is 4.41. The predicted octanol–water partition coefficient (Wildman–Crippen LogP) is 3.16. The van der Waals surface area contributed by atoms with E-state index in [4.69, 9.17) is 0 Å². The molecular weight excluding hydrogens is 153 g/mol. The molecule has 1 aliphatic rings. The quantitative estimate of drug-likeness (QED) is 0.626. The minimum Gasteiger partial charge on any atom is -0.257 e. The normalized spacial score (nSPS) is 21.1. The zero-order chi connectivity index (χ0) is 7.52. The fourth-order valence-electron chi connectivity index (χ4n) is 1.88. The second-order valence-electron chi connectivity index (χ2n) is 3.31. The van der Waals surface area contributed by atoms with Crippen LogP contribution in [-0.2, 0) is 0 Å². The van der Waals surface area contributed by atoms with Crippen molar-refractivity contribution in [2.24, 2.45) is 0 Å². The Kier molecular flexibility index (Phi) is 2.28. The summed E-state index contributed by atoms with van der Waals surface area (Å²) in [5.74, 6) is 3.04. The van der Waals surface area contributed by atoms with Crippen LogP contribution in [0, 0.1) is 0 Å². The molecule has 1 nitrogen and oxygen atoms in total. The maximum atomic E-state index is 4.41. The van der Waals surface area contributed by atoms with Crippen LogP contribution >= 0.6 is 8.19 Å². The van der Waals surface area contributed by atoms with Crippen molar-refractivity contribution in [2.45, 2.75) is 38.0 Å². The second-order valence-corrected chi connectivity index (χ2v) is 4.44. The SMILES string of the molecule is c1c[pH]c(C2CCCCC2)n1. The molecule has 0 bridgehead atoms. The summed E-state index contributed by atoms with van der Waals surface area (Å²) in [6.45, 7) is 0. The molecule has 2 rings (SSSR count). The average Bonchev–Trinajstić information content (AvgIpc) is 2.58.